The van der Waals surface area contributed by atoms with Crippen LogP contribution in [0.15, 0.2) is 30.5 Å². The van der Waals surface area contributed by atoms with Gasteiger partial charge in [0.15, 0.2) is 0 Å². The molecular weight excluding hydrogens is 333 g/mol. The smallest absolute Gasteiger partial charge is 0.227 e. The van der Waals surface area contributed by atoms with Crippen LogP contribution in [0.3, 0.4) is 0 Å². The van der Waals surface area contributed by atoms with Crippen molar-refractivity contribution in [1.82, 2.24) is 14.8 Å². The number of carbonyl (C=O) groups is 2. The fraction of sp³-hybridized carbons (Fsp3) is 0.500. The number of amides is 2. The van der Waals surface area contributed by atoms with Gasteiger partial charge in [0.1, 0.15) is 0 Å². The topological polar surface area (TPSA) is 56.4 Å². The molecule has 26 heavy (non-hydrogen) atoms. The molecule has 1 atom stereocenters. The fourth-order valence-corrected chi connectivity index (χ4v) is 4.24. The molecule has 1 N–H and O–H groups in total. The van der Waals surface area contributed by atoms with Crippen molar-refractivity contribution in [2.24, 2.45) is 5.92 Å². The van der Waals surface area contributed by atoms with E-state index in [0.29, 0.717) is 32.5 Å². The molecule has 0 aliphatic carbocycles. The highest BCUT2D eigenvalue weighted by molar-refractivity contribution is 5.89. The average Bonchev–Trinajstić information content (AvgIpc) is 3.25. The van der Waals surface area contributed by atoms with E-state index in [1.54, 1.807) is 0 Å². The Morgan fingerprint density at radius 3 is 2.73 bits per heavy atom. The number of benzene rings is 1. The van der Waals surface area contributed by atoms with E-state index in [-0.39, 0.29) is 23.8 Å². The third-order valence-corrected chi connectivity index (χ3v) is 5.73. The second kappa shape index (κ2) is 7.09. The lowest BCUT2D eigenvalue weighted by Crippen LogP contribution is -2.47. The number of H-pyrrole nitrogens is 1. The fourth-order valence-electron chi connectivity index (χ4n) is 4.24. The van der Waals surface area contributed by atoms with Crippen LogP contribution >= 0.6 is 0 Å². The van der Waals surface area contributed by atoms with Crippen LogP contribution in [0.4, 0.5) is 4.39 Å². The zero-order valence-electron chi connectivity index (χ0n) is 14.8. The van der Waals surface area contributed by atoms with E-state index in [4.69, 9.17) is 0 Å². The minimum atomic E-state index is -0.426. The van der Waals surface area contributed by atoms with Crippen LogP contribution < -0.4 is 0 Å². The van der Waals surface area contributed by atoms with Gasteiger partial charge in [-0.15, -0.1) is 0 Å². The van der Waals surface area contributed by atoms with Gasteiger partial charge in [0.2, 0.25) is 11.8 Å². The number of nitrogens with one attached hydrogen (secondary N) is 1. The summed E-state index contributed by atoms with van der Waals surface area (Å²) < 4.78 is 12.8. The molecule has 1 aromatic heterocycles. The summed E-state index contributed by atoms with van der Waals surface area (Å²) in [4.78, 5) is 31.7. The highest BCUT2D eigenvalue weighted by Crippen LogP contribution is 2.26. The van der Waals surface area contributed by atoms with Gasteiger partial charge in [-0.1, -0.05) is 18.2 Å². The first-order valence-electron chi connectivity index (χ1n) is 9.34. The number of hydrogen-bond acceptors (Lipinski definition) is 2. The van der Waals surface area contributed by atoms with E-state index in [1.807, 2.05) is 40.3 Å². The summed E-state index contributed by atoms with van der Waals surface area (Å²) in [5, 5.41) is 1.09. The van der Waals surface area contributed by atoms with Gasteiger partial charge in [-0.05, 0) is 24.5 Å². The van der Waals surface area contributed by atoms with Crippen molar-refractivity contribution in [2.75, 3.05) is 26.3 Å². The van der Waals surface area contributed by atoms with Gasteiger partial charge >= 0.3 is 0 Å². The summed E-state index contributed by atoms with van der Waals surface area (Å²) in [6.07, 6.45) is 4.20. The normalized spacial score (nSPS) is 21.7. The standard InChI is InChI=1S/C20H24FN3O2/c21-11-14-9-20(26)24(13-14)16-5-7-23(8-6-16)19(25)10-15-12-22-18-4-2-1-3-17(15)18/h1-4,12,14,16,22H,5-11,13H2. The molecule has 2 amide bonds. The van der Waals surface area contributed by atoms with Gasteiger partial charge < -0.3 is 14.8 Å². The number of fused-ring (bicyclic) bond motifs is 1. The van der Waals surface area contributed by atoms with Crippen molar-refractivity contribution in [3.05, 3.63) is 36.0 Å². The van der Waals surface area contributed by atoms with E-state index >= 15 is 0 Å². The summed E-state index contributed by atoms with van der Waals surface area (Å²) in [7, 11) is 0. The van der Waals surface area contributed by atoms with Gasteiger partial charge in [-0.2, -0.15) is 0 Å². The molecule has 5 nitrogen and oxygen atoms in total. The number of hydrogen-bond donors (Lipinski definition) is 1. The summed E-state index contributed by atoms with van der Waals surface area (Å²) >= 11 is 0. The Morgan fingerprint density at radius 1 is 1.23 bits per heavy atom. The van der Waals surface area contributed by atoms with Crippen LogP contribution in [0.5, 0.6) is 0 Å². The highest BCUT2D eigenvalue weighted by Gasteiger charge is 2.36. The number of aromatic amines is 1. The van der Waals surface area contributed by atoms with Gasteiger partial charge in [0.25, 0.3) is 0 Å². The maximum Gasteiger partial charge on any atom is 0.227 e. The summed E-state index contributed by atoms with van der Waals surface area (Å²) in [6.45, 7) is 1.43. The molecule has 0 radical (unpaired) electrons. The number of aromatic nitrogens is 1. The monoisotopic (exact) mass is 357 g/mol. The second-order valence-corrected chi connectivity index (χ2v) is 7.42. The van der Waals surface area contributed by atoms with Gasteiger partial charge in [0.05, 0.1) is 13.1 Å². The van der Waals surface area contributed by atoms with Crippen LogP contribution in [-0.2, 0) is 16.0 Å². The lowest BCUT2D eigenvalue weighted by molar-refractivity contribution is -0.134. The number of halogens is 1. The summed E-state index contributed by atoms with van der Waals surface area (Å²) in [5.74, 6) is 0.0443. The van der Waals surface area contributed by atoms with Crippen LogP contribution in [0.1, 0.15) is 24.8 Å². The highest BCUT2D eigenvalue weighted by atomic mass is 19.1. The van der Waals surface area contributed by atoms with E-state index in [1.165, 1.54) is 0 Å². The Balaban J connectivity index is 1.34. The van der Waals surface area contributed by atoms with Gasteiger partial charge in [-0.25, -0.2) is 0 Å². The van der Waals surface area contributed by atoms with E-state index in [0.717, 1.165) is 29.3 Å². The molecule has 3 heterocycles. The number of piperidine rings is 1. The SMILES string of the molecule is O=C(Cc1c[nH]c2ccccc12)N1CCC(N2CC(CF)CC2=O)CC1. The van der Waals surface area contributed by atoms with E-state index < -0.39 is 6.67 Å². The molecule has 138 valence electrons. The number of alkyl halides is 1. The molecule has 1 unspecified atom stereocenters. The quantitative estimate of drug-likeness (QED) is 0.914. The van der Waals surface area contributed by atoms with Crippen LogP contribution in [0.2, 0.25) is 0 Å². The van der Waals surface area contributed by atoms with Gasteiger partial charge in [0, 0.05) is 55.1 Å². The van der Waals surface area contributed by atoms with Gasteiger partial charge in [-0.3, -0.25) is 14.0 Å². The molecule has 2 saturated heterocycles. The maximum absolute atomic E-state index is 12.8. The van der Waals surface area contributed by atoms with E-state index in [2.05, 4.69) is 4.98 Å². The average molecular weight is 357 g/mol. The Kier molecular flexibility index (Phi) is 4.66. The molecule has 2 aliphatic heterocycles. The molecule has 2 aliphatic rings. The Bertz CT molecular complexity index is 810. The molecular formula is C20H24FN3O2. The Labute approximate surface area is 152 Å². The van der Waals surface area contributed by atoms with Crippen LogP contribution in [0.25, 0.3) is 10.9 Å². The molecule has 0 saturated carbocycles. The number of likely N-dealkylation sites (tertiary alicyclic amines) is 2. The van der Waals surface area contributed by atoms with Crippen molar-refractivity contribution >= 4 is 22.7 Å². The lowest BCUT2D eigenvalue weighted by atomic mass is 10.0. The molecule has 2 fully saturated rings. The first kappa shape index (κ1) is 17.1. The first-order valence-corrected chi connectivity index (χ1v) is 9.34. The number of rotatable bonds is 4. The first-order chi connectivity index (χ1) is 12.7. The minimum absolute atomic E-state index is 0.0659. The zero-order chi connectivity index (χ0) is 18.1. The lowest BCUT2D eigenvalue weighted by Gasteiger charge is -2.37. The van der Waals surface area contributed by atoms with Crippen molar-refractivity contribution < 1.29 is 14.0 Å². The maximum atomic E-state index is 12.8. The third-order valence-electron chi connectivity index (χ3n) is 5.73. The number of carbonyl (C=O) groups excluding carboxylic acids is 2. The second-order valence-electron chi connectivity index (χ2n) is 7.42. The predicted octanol–water partition coefficient (Wildman–Crippen LogP) is 2.52. The third kappa shape index (κ3) is 3.20. The molecule has 0 bridgehead atoms. The molecule has 1 aromatic carbocycles. The zero-order valence-corrected chi connectivity index (χ0v) is 14.8. The number of para-hydroxylation sites is 1. The summed E-state index contributed by atoms with van der Waals surface area (Å²) in [5.41, 5.74) is 2.07. The molecule has 2 aromatic rings. The minimum Gasteiger partial charge on any atom is -0.361 e. The predicted molar refractivity (Wildman–Crippen MR) is 97.4 cm³/mol. The van der Waals surface area contributed by atoms with Crippen molar-refractivity contribution in [1.29, 1.82) is 0 Å². The van der Waals surface area contributed by atoms with Crippen LogP contribution in [-0.4, -0.2) is 58.9 Å². The molecule has 0 spiro atoms. The van der Waals surface area contributed by atoms with Crippen molar-refractivity contribution in [3.63, 3.8) is 0 Å². The summed E-state index contributed by atoms with van der Waals surface area (Å²) in [6, 6.07) is 8.14. The van der Waals surface area contributed by atoms with E-state index in [9.17, 15) is 14.0 Å². The molecule has 4 rings (SSSR count). The van der Waals surface area contributed by atoms with Crippen molar-refractivity contribution in [3.8, 4) is 0 Å². The van der Waals surface area contributed by atoms with Crippen LogP contribution in [0, 0.1) is 5.92 Å². The largest absolute Gasteiger partial charge is 0.361 e. The Hall–Kier alpha value is -2.37. The van der Waals surface area contributed by atoms with Crippen molar-refractivity contribution in [2.45, 2.75) is 31.7 Å². The number of nitrogens with zero attached hydrogens (tertiary/aromatic N) is 2. The molecule has 6 heteroatoms. The Morgan fingerprint density at radius 2 is 2.00 bits per heavy atom.